The quantitative estimate of drug-likeness (QED) is 0.0519. The van der Waals surface area contributed by atoms with E-state index < -0.39 is 0 Å². The van der Waals surface area contributed by atoms with Crippen LogP contribution in [-0.4, -0.2) is 24.9 Å². The largest absolute Gasteiger partial charge is 0.307 e. The van der Waals surface area contributed by atoms with Crippen LogP contribution in [0.1, 0.15) is 165 Å². The van der Waals surface area contributed by atoms with Gasteiger partial charge in [0.15, 0.2) is 0 Å². The fraction of sp³-hybridized carbons (Fsp3) is 0.519. The molecule has 332 valence electrons. The van der Waals surface area contributed by atoms with Crippen molar-refractivity contribution in [2.75, 3.05) is 22.9 Å². The number of benzene rings is 1. The van der Waals surface area contributed by atoms with Crippen molar-refractivity contribution in [3.63, 3.8) is 0 Å². The van der Waals surface area contributed by atoms with Crippen LogP contribution >= 0.6 is 45.3 Å². The highest BCUT2D eigenvalue weighted by molar-refractivity contribution is 7.16. The standard InChI is InChI=1S/C54H70N2O2S4/c1-7-13-17-19-23-39-25-47(59-33-39)41-27-49(61-35-41)51-43-29-46-44(30-45(43)55(53(51)57)31-37(11-5)21-15-9-3)52(54(58)56(46)32-38(12-6)22-16-10-4)50-28-42(36-62-50)48-26-40(34-60-48)24-20-18-14-8-2/h25-30,33-38H,7-24,31-32H2,1-6H3. The average molecular weight is 907 g/mol. The normalized spacial score (nSPS) is 14.7. The average Bonchev–Trinajstić information content (AvgIpc) is 4.15. The van der Waals surface area contributed by atoms with Crippen molar-refractivity contribution in [3.8, 4) is 20.9 Å². The van der Waals surface area contributed by atoms with Gasteiger partial charge in [-0.1, -0.05) is 119 Å². The van der Waals surface area contributed by atoms with Crippen molar-refractivity contribution in [2.45, 2.75) is 157 Å². The fourth-order valence-electron chi connectivity index (χ4n) is 9.35. The van der Waals surface area contributed by atoms with Crippen LogP contribution in [-0.2, 0) is 22.4 Å². The molecule has 0 saturated carbocycles. The lowest BCUT2D eigenvalue weighted by molar-refractivity contribution is -0.114. The number of anilines is 2. The highest BCUT2D eigenvalue weighted by Gasteiger charge is 2.38. The third-order valence-corrected chi connectivity index (χ3v) is 17.3. The highest BCUT2D eigenvalue weighted by atomic mass is 32.1. The van der Waals surface area contributed by atoms with E-state index in [9.17, 15) is 0 Å². The van der Waals surface area contributed by atoms with Gasteiger partial charge in [-0.15, -0.1) is 45.3 Å². The molecule has 6 heterocycles. The van der Waals surface area contributed by atoms with Crippen LogP contribution in [0.25, 0.3) is 32.0 Å². The number of hydrogen-bond acceptors (Lipinski definition) is 6. The van der Waals surface area contributed by atoms with E-state index in [1.165, 1.54) is 83.4 Å². The zero-order chi connectivity index (χ0) is 43.6. The molecule has 2 aliphatic rings. The number of carbonyl (C=O) groups is 2. The molecule has 2 atom stereocenters. The lowest BCUT2D eigenvalue weighted by Gasteiger charge is -2.26. The van der Waals surface area contributed by atoms with Crippen LogP contribution < -0.4 is 20.2 Å². The van der Waals surface area contributed by atoms with E-state index >= 15 is 9.59 Å². The Morgan fingerprint density at radius 1 is 0.452 bits per heavy atom. The van der Waals surface area contributed by atoms with Crippen LogP contribution in [0.2, 0.25) is 0 Å². The van der Waals surface area contributed by atoms with E-state index in [1.54, 1.807) is 22.7 Å². The SMILES string of the molecule is CCCCCCc1csc(-c2csc(C3=c4cc5c(cc4N(CC(CC)CCCC)C3=O)=C(c3cc(-c4cc(CCCCCC)cs4)cs3)C(=O)N5CC(CC)CCCC)c2)c1. The minimum absolute atomic E-state index is 0.102. The molecule has 0 bridgehead atoms. The lowest BCUT2D eigenvalue weighted by Crippen LogP contribution is -2.35. The highest BCUT2D eigenvalue weighted by Crippen LogP contribution is 2.40. The van der Waals surface area contributed by atoms with Crippen LogP contribution in [0.3, 0.4) is 0 Å². The first-order chi connectivity index (χ1) is 30.3. The Morgan fingerprint density at radius 2 is 0.855 bits per heavy atom. The summed E-state index contributed by atoms with van der Waals surface area (Å²) in [6.07, 6.45) is 21.3. The van der Waals surface area contributed by atoms with Gasteiger partial charge in [0, 0.05) is 64.9 Å². The van der Waals surface area contributed by atoms with E-state index in [2.05, 4.69) is 109 Å². The molecule has 8 heteroatoms. The van der Waals surface area contributed by atoms with E-state index in [0.717, 1.165) is 107 Å². The number of amides is 2. The summed E-state index contributed by atoms with van der Waals surface area (Å²) in [5.41, 5.74) is 8.74. The fourth-order valence-corrected chi connectivity index (χ4v) is 13.3. The van der Waals surface area contributed by atoms with Crippen molar-refractivity contribution >= 4 is 79.7 Å². The molecule has 2 aliphatic heterocycles. The van der Waals surface area contributed by atoms with E-state index in [4.69, 9.17) is 0 Å². The van der Waals surface area contributed by atoms with Gasteiger partial charge in [0.2, 0.25) is 0 Å². The minimum Gasteiger partial charge on any atom is -0.307 e. The summed E-state index contributed by atoms with van der Waals surface area (Å²) in [7, 11) is 0. The van der Waals surface area contributed by atoms with Gasteiger partial charge in [0.1, 0.15) is 0 Å². The number of unbranched alkanes of at least 4 members (excludes halogenated alkanes) is 8. The van der Waals surface area contributed by atoms with Gasteiger partial charge in [-0.05, 0) is 109 Å². The second kappa shape index (κ2) is 22.5. The summed E-state index contributed by atoms with van der Waals surface area (Å²) in [6.45, 7) is 15.0. The molecular formula is C54H70N2O2S4. The molecule has 2 unspecified atom stereocenters. The molecule has 0 N–H and O–H groups in total. The van der Waals surface area contributed by atoms with Gasteiger partial charge < -0.3 is 9.80 Å². The first-order valence-corrected chi connectivity index (χ1v) is 27.7. The molecule has 4 aromatic heterocycles. The summed E-state index contributed by atoms with van der Waals surface area (Å²) >= 11 is 7.01. The summed E-state index contributed by atoms with van der Waals surface area (Å²) in [6, 6.07) is 13.7. The lowest BCUT2D eigenvalue weighted by atomic mass is 9.98. The number of thiophene rings is 4. The second-order valence-corrected chi connectivity index (χ2v) is 21.6. The Bertz CT molecular complexity index is 2230. The molecule has 0 fully saturated rings. The zero-order valence-electron chi connectivity index (χ0n) is 38.4. The molecule has 5 aromatic rings. The van der Waals surface area contributed by atoms with E-state index in [0.29, 0.717) is 24.9 Å². The predicted molar refractivity (Wildman–Crippen MR) is 273 cm³/mol. The van der Waals surface area contributed by atoms with Gasteiger partial charge in [-0.2, -0.15) is 0 Å². The Hall–Kier alpha value is -3.30. The van der Waals surface area contributed by atoms with E-state index in [-0.39, 0.29) is 11.8 Å². The summed E-state index contributed by atoms with van der Waals surface area (Å²) in [5, 5.41) is 11.1. The first-order valence-electron chi connectivity index (χ1n) is 24.2. The van der Waals surface area contributed by atoms with Gasteiger partial charge in [0.25, 0.3) is 11.8 Å². The number of aryl methyl sites for hydroxylation is 2. The van der Waals surface area contributed by atoms with Gasteiger partial charge >= 0.3 is 0 Å². The van der Waals surface area contributed by atoms with Crippen molar-refractivity contribution in [3.05, 3.63) is 89.2 Å². The van der Waals surface area contributed by atoms with Crippen molar-refractivity contribution in [1.29, 1.82) is 0 Å². The van der Waals surface area contributed by atoms with Crippen molar-refractivity contribution in [1.82, 2.24) is 0 Å². The molecule has 0 radical (unpaired) electrons. The monoisotopic (exact) mass is 906 g/mol. The Balaban J connectivity index is 1.32. The summed E-state index contributed by atoms with van der Waals surface area (Å²) in [5.74, 6) is 1.02. The molecule has 0 spiro atoms. The molecule has 7 rings (SSSR count). The van der Waals surface area contributed by atoms with Gasteiger partial charge in [-0.3, -0.25) is 9.59 Å². The third-order valence-electron chi connectivity index (χ3n) is 13.3. The summed E-state index contributed by atoms with van der Waals surface area (Å²) < 4.78 is 0. The molecule has 0 aliphatic carbocycles. The van der Waals surface area contributed by atoms with Crippen LogP contribution in [0.5, 0.6) is 0 Å². The van der Waals surface area contributed by atoms with Gasteiger partial charge in [-0.25, -0.2) is 0 Å². The molecule has 2 amide bonds. The minimum atomic E-state index is 0.102. The maximum atomic E-state index is 15.1. The number of carbonyl (C=O) groups excluding carboxylic acids is 2. The predicted octanol–water partition coefficient (Wildman–Crippen LogP) is 15.0. The number of nitrogens with zero attached hydrogens (tertiary/aromatic N) is 2. The number of rotatable bonds is 26. The third kappa shape index (κ3) is 10.6. The number of hydrogen-bond donors (Lipinski definition) is 0. The van der Waals surface area contributed by atoms with Crippen LogP contribution in [0.15, 0.2) is 57.9 Å². The Labute approximate surface area is 388 Å². The first kappa shape index (κ1) is 46.7. The molecule has 0 saturated heterocycles. The topological polar surface area (TPSA) is 40.6 Å². The Kier molecular flexibility index (Phi) is 17.0. The van der Waals surface area contributed by atoms with Crippen LogP contribution in [0, 0.1) is 11.8 Å². The summed E-state index contributed by atoms with van der Waals surface area (Å²) in [4.78, 5) is 38.9. The molecule has 62 heavy (non-hydrogen) atoms. The van der Waals surface area contributed by atoms with Crippen molar-refractivity contribution < 1.29 is 9.59 Å². The van der Waals surface area contributed by atoms with E-state index in [1.807, 2.05) is 22.7 Å². The molecule has 1 aromatic carbocycles. The maximum absolute atomic E-state index is 15.1. The maximum Gasteiger partial charge on any atom is 0.260 e. The zero-order valence-corrected chi connectivity index (χ0v) is 41.7. The van der Waals surface area contributed by atoms with Crippen LogP contribution in [0.4, 0.5) is 11.4 Å². The number of fused-ring (bicyclic) bond motifs is 2. The Morgan fingerprint density at radius 3 is 1.24 bits per heavy atom. The second-order valence-electron chi connectivity index (χ2n) is 18.0. The van der Waals surface area contributed by atoms with Crippen molar-refractivity contribution in [2.24, 2.45) is 11.8 Å². The smallest absolute Gasteiger partial charge is 0.260 e. The molecule has 4 nitrogen and oxygen atoms in total. The van der Waals surface area contributed by atoms with Gasteiger partial charge in [0.05, 0.1) is 22.5 Å². The molecular weight excluding hydrogens is 837 g/mol.